The summed E-state index contributed by atoms with van der Waals surface area (Å²) in [6.07, 6.45) is 3.66. The highest BCUT2D eigenvalue weighted by Crippen LogP contribution is 2.40. The minimum Gasteiger partial charge on any atom is -0.460 e. The summed E-state index contributed by atoms with van der Waals surface area (Å²) in [6, 6.07) is 6.89. The third-order valence-electron chi connectivity index (χ3n) is 6.05. The third kappa shape index (κ3) is 4.33. The molecule has 164 valence electrons. The molecule has 2 unspecified atom stereocenters. The molecule has 2 saturated carbocycles. The van der Waals surface area contributed by atoms with E-state index in [1.807, 2.05) is 0 Å². The van der Waals surface area contributed by atoms with Gasteiger partial charge in [-0.05, 0) is 44.7 Å². The van der Waals surface area contributed by atoms with Crippen LogP contribution in [0.2, 0.25) is 0 Å². The summed E-state index contributed by atoms with van der Waals surface area (Å²) in [5, 5.41) is 3.16. The second-order valence-corrected chi connectivity index (χ2v) is 8.07. The molecule has 8 heteroatoms. The fourth-order valence-electron chi connectivity index (χ4n) is 4.61. The van der Waals surface area contributed by atoms with Crippen molar-refractivity contribution in [3.63, 3.8) is 0 Å². The average molecular weight is 427 g/mol. The summed E-state index contributed by atoms with van der Waals surface area (Å²) in [5.41, 5.74) is 0.615. The van der Waals surface area contributed by atoms with Crippen molar-refractivity contribution in [2.24, 2.45) is 17.8 Å². The minimum absolute atomic E-state index is 0.0664. The van der Waals surface area contributed by atoms with E-state index in [1.54, 1.807) is 31.2 Å². The van der Waals surface area contributed by atoms with Gasteiger partial charge in [-0.15, -0.1) is 0 Å². The van der Waals surface area contributed by atoms with Gasteiger partial charge in [-0.3, -0.25) is 14.4 Å². The first-order chi connectivity index (χ1) is 15.0. The second-order valence-electron chi connectivity index (χ2n) is 8.07. The number of benzene rings is 1. The maximum Gasteiger partial charge on any atom is 0.376 e. The van der Waals surface area contributed by atoms with Gasteiger partial charge in [-0.25, -0.2) is 4.79 Å². The number of carbonyl (C=O) groups excluding carboxylic acids is 4. The van der Waals surface area contributed by atoms with Crippen molar-refractivity contribution in [3.05, 3.63) is 30.0 Å². The lowest BCUT2D eigenvalue weighted by Crippen LogP contribution is -2.40. The van der Waals surface area contributed by atoms with E-state index in [9.17, 15) is 19.2 Å². The van der Waals surface area contributed by atoms with Crippen molar-refractivity contribution in [2.45, 2.75) is 39.0 Å². The number of nitrogens with one attached hydrogen (secondary N) is 1. The maximum absolute atomic E-state index is 12.5. The van der Waals surface area contributed by atoms with Crippen LogP contribution in [0.1, 0.15) is 49.6 Å². The number of fused-ring (bicyclic) bond motifs is 3. The second kappa shape index (κ2) is 8.91. The van der Waals surface area contributed by atoms with Crippen molar-refractivity contribution in [1.29, 1.82) is 0 Å². The van der Waals surface area contributed by atoms with Crippen LogP contribution in [0.3, 0.4) is 0 Å². The topological polar surface area (TPSA) is 112 Å². The number of para-hydroxylation sites is 1. The highest BCUT2D eigenvalue weighted by Gasteiger charge is 2.42. The summed E-state index contributed by atoms with van der Waals surface area (Å²) in [7, 11) is 0. The van der Waals surface area contributed by atoms with E-state index in [0.717, 1.165) is 19.3 Å². The summed E-state index contributed by atoms with van der Waals surface area (Å²) in [4.78, 5) is 49.4. The van der Waals surface area contributed by atoms with Gasteiger partial charge in [0, 0.05) is 17.2 Å². The van der Waals surface area contributed by atoms with Crippen LogP contribution in [-0.4, -0.2) is 36.8 Å². The molecule has 2 atom stereocenters. The van der Waals surface area contributed by atoms with Gasteiger partial charge < -0.3 is 19.2 Å². The van der Waals surface area contributed by atoms with E-state index < -0.39 is 24.5 Å². The van der Waals surface area contributed by atoms with Crippen molar-refractivity contribution < 1.29 is 33.1 Å². The monoisotopic (exact) mass is 427 g/mol. The van der Waals surface area contributed by atoms with Gasteiger partial charge in [0.1, 0.15) is 17.1 Å². The Morgan fingerprint density at radius 3 is 2.52 bits per heavy atom. The Hall–Kier alpha value is -3.16. The molecule has 0 aliphatic heterocycles. The van der Waals surface area contributed by atoms with Crippen LogP contribution in [0.4, 0.5) is 5.69 Å². The number of ether oxygens (including phenoxy) is 2. The first kappa shape index (κ1) is 21.1. The van der Waals surface area contributed by atoms with Crippen molar-refractivity contribution in [1.82, 2.24) is 0 Å². The molecule has 1 aromatic heterocycles. The van der Waals surface area contributed by atoms with Gasteiger partial charge in [0.2, 0.25) is 5.76 Å². The molecule has 2 bridgehead atoms. The number of furan rings is 1. The molecule has 8 nitrogen and oxygen atoms in total. The number of anilines is 1. The standard InChI is InChI=1S/C23H25NO7/c1-2-29-23(28)21-19(16-8-3-4-9-17(16)31-21)24-18(25)12-30-22(27)15-10-13-6-5-7-14(11-15)20(13)26/h3-4,8-9,13-15H,2,5-7,10-12H2,1H3,(H,24,25). The quantitative estimate of drug-likeness (QED) is 0.702. The summed E-state index contributed by atoms with van der Waals surface area (Å²) < 4.78 is 15.8. The number of hydrogen-bond acceptors (Lipinski definition) is 7. The predicted octanol–water partition coefficient (Wildman–Crippen LogP) is 3.49. The number of esters is 2. The Bertz CT molecular complexity index is 1010. The van der Waals surface area contributed by atoms with Crippen LogP contribution in [0.5, 0.6) is 0 Å². The lowest BCUT2D eigenvalue weighted by Gasteiger charge is -2.36. The molecule has 1 N–H and O–H groups in total. The zero-order valence-electron chi connectivity index (χ0n) is 17.3. The highest BCUT2D eigenvalue weighted by molar-refractivity contribution is 6.09. The molecular weight excluding hydrogens is 402 g/mol. The van der Waals surface area contributed by atoms with Crippen LogP contribution < -0.4 is 5.32 Å². The van der Waals surface area contributed by atoms with Gasteiger partial charge >= 0.3 is 11.9 Å². The van der Waals surface area contributed by atoms with Gasteiger partial charge in [0.15, 0.2) is 6.61 Å². The van der Waals surface area contributed by atoms with E-state index >= 15 is 0 Å². The summed E-state index contributed by atoms with van der Waals surface area (Å²) in [6.45, 7) is 1.35. The number of ketones is 1. The van der Waals surface area contributed by atoms with Gasteiger partial charge in [0.05, 0.1) is 12.5 Å². The normalized spacial score (nSPS) is 22.7. The zero-order valence-corrected chi connectivity index (χ0v) is 17.3. The number of hydrogen-bond donors (Lipinski definition) is 1. The van der Waals surface area contributed by atoms with Crippen LogP contribution in [0.25, 0.3) is 11.0 Å². The molecule has 0 radical (unpaired) electrons. The Kier molecular flexibility index (Phi) is 6.06. The van der Waals surface area contributed by atoms with Crippen molar-refractivity contribution in [3.8, 4) is 0 Å². The highest BCUT2D eigenvalue weighted by atomic mass is 16.5. The van der Waals surface area contributed by atoms with E-state index in [-0.39, 0.29) is 41.6 Å². The molecule has 0 spiro atoms. The molecule has 2 aromatic rings. The van der Waals surface area contributed by atoms with E-state index in [1.165, 1.54) is 0 Å². The predicted molar refractivity (Wildman–Crippen MR) is 110 cm³/mol. The van der Waals surface area contributed by atoms with E-state index in [4.69, 9.17) is 13.9 Å². The minimum atomic E-state index is -0.690. The Morgan fingerprint density at radius 1 is 1.10 bits per heavy atom. The molecular formula is C23H25NO7. The Balaban J connectivity index is 1.40. The molecule has 1 aromatic carbocycles. The molecule has 2 fully saturated rings. The molecule has 0 saturated heterocycles. The number of rotatable bonds is 6. The number of carbonyl (C=O) groups is 4. The van der Waals surface area contributed by atoms with E-state index in [2.05, 4.69) is 5.32 Å². The number of amides is 1. The Labute approximate surface area is 179 Å². The average Bonchev–Trinajstić information content (AvgIpc) is 3.10. The molecule has 1 heterocycles. The molecule has 4 rings (SSSR count). The van der Waals surface area contributed by atoms with Gasteiger partial charge in [-0.1, -0.05) is 18.6 Å². The molecule has 2 aliphatic carbocycles. The fourth-order valence-corrected chi connectivity index (χ4v) is 4.61. The lowest BCUT2D eigenvalue weighted by atomic mass is 9.67. The van der Waals surface area contributed by atoms with Gasteiger partial charge in [-0.2, -0.15) is 0 Å². The largest absolute Gasteiger partial charge is 0.460 e. The van der Waals surface area contributed by atoms with Crippen LogP contribution >= 0.6 is 0 Å². The smallest absolute Gasteiger partial charge is 0.376 e. The SMILES string of the molecule is CCOC(=O)c1oc2ccccc2c1NC(=O)COC(=O)C1CC2CCCC(C1)C2=O. The van der Waals surface area contributed by atoms with Crippen LogP contribution in [-0.2, 0) is 23.9 Å². The third-order valence-corrected chi connectivity index (χ3v) is 6.05. The molecule has 1 amide bonds. The van der Waals surface area contributed by atoms with Crippen LogP contribution in [0.15, 0.2) is 28.7 Å². The first-order valence-electron chi connectivity index (χ1n) is 10.7. The van der Waals surface area contributed by atoms with Crippen LogP contribution in [0, 0.1) is 17.8 Å². The number of Topliss-reactive ketones (excluding diaryl/α,β-unsaturated/α-hetero) is 1. The maximum atomic E-state index is 12.5. The fraction of sp³-hybridized carbons (Fsp3) is 0.478. The van der Waals surface area contributed by atoms with Crippen molar-refractivity contribution >= 4 is 40.3 Å². The first-order valence-corrected chi connectivity index (χ1v) is 10.7. The molecule has 31 heavy (non-hydrogen) atoms. The zero-order chi connectivity index (χ0) is 22.0. The van der Waals surface area contributed by atoms with E-state index in [0.29, 0.717) is 23.8 Å². The summed E-state index contributed by atoms with van der Waals surface area (Å²) >= 11 is 0. The van der Waals surface area contributed by atoms with Gasteiger partial charge in [0.25, 0.3) is 5.91 Å². The summed E-state index contributed by atoms with van der Waals surface area (Å²) in [5.74, 6) is -2.06. The Morgan fingerprint density at radius 2 is 1.81 bits per heavy atom. The molecule has 2 aliphatic rings. The lowest BCUT2D eigenvalue weighted by molar-refractivity contribution is -0.155. The van der Waals surface area contributed by atoms with Crippen molar-refractivity contribution in [2.75, 3.05) is 18.5 Å².